The highest BCUT2D eigenvalue weighted by molar-refractivity contribution is 5.93. The summed E-state index contributed by atoms with van der Waals surface area (Å²) >= 11 is 0. The van der Waals surface area contributed by atoms with Crippen LogP contribution < -0.4 is 5.32 Å². The molecule has 1 saturated heterocycles. The van der Waals surface area contributed by atoms with Crippen molar-refractivity contribution < 1.29 is 9.59 Å². The van der Waals surface area contributed by atoms with Crippen molar-refractivity contribution in [1.29, 1.82) is 0 Å². The van der Waals surface area contributed by atoms with Gasteiger partial charge >= 0.3 is 0 Å². The molecule has 0 aromatic carbocycles. The second-order valence-electron chi connectivity index (χ2n) is 5.50. The van der Waals surface area contributed by atoms with Gasteiger partial charge in [0.25, 0.3) is 0 Å². The van der Waals surface area contributed by atoms with Crippen molar-refractivity contribution >= 4 is 11.8 Å². The van der Waals surface area contributed by atoms with Crippen LogP contribution in [0, 0.1) is 5.92 Å². The lowest BCUT2D eigenvalue weighted by molar-refractivity contribution is -0.139. The van der Waals surface area contributed by atoms with Gasteiger partial charge in [-0.2, -0.15) is 0 Å². The molecule has 0 bridgehead atoms. The first kappa shape index (κ1) is 11.4. The van der Waals surface area contributed by atoms with Crippen molar-refractivity contribution in [3.8, 4) is 0 Å². The first-order valence-corrected chi connectivity index (χ1v) is 6.04. The summed E-state index contributed by atoms with van der Waals surface area (Å²) in [5.74, 6) is 0.676. The summed E-state index contributed by atoms with van der Waals surface area (Å²) in [6, 6.07) is 0.277. The van der Waals surface area contributed by atoms with E-state index < -0.39 is 5.54 Å². The lowest BCUT2D eigenvalue weighted by atomic mass is 10.0. The van der Waals surface area contributed by atoms with Crippen molar-refractivity contribution in [2.45, 2.75) is 51.6 Å². The van der Waals surface area contributed by atoms with Gasteiger partial charge in [-0.15, -0.1) is 0 Å². The van der Waals surface area contributed by atoms with Gasteiger partial charge in [0.15, 0.2) is 0 Å². The van der Waals surface area contributed by atoms with E-state index in [4.69, 9.17) is 0 Å². The van der Waals surface area contributed by atoms with E-state index in [0.29, 0.717) is 18.9 Å². The van der Waals surface area contributed by atoms with Crippen molar-refractivity contribution in [2.24, 2.45) is 5.92 Å². The zero-order valence-corrected chi connectivity index (χ0v) is 10.2. The van der Waals surface area contributed by atoms with Crippen LogP contribution in [0.5, 0.6) is 0 Å². The standard InChI is InChI=1S/C12H20N2O2/c1-8(9-4-5-9)14-7-6-10(15)13-12(2,3)11(14)16/h8-9H,4-7H2,1-3H3,(H,13,15). The van der Waals surface area contributed by atoms with E-state index in [0.717, 1.165) is 0 Å². The Bertz CT molecular complexity index is 321. The number of nitrogens with one attached hydrogen (secondary N) is 1. The summed E-state index contributed by atoms with van der Waals surface area (Å²) in [7, 11) is 0. The van der Waals surface area contributed by atoms with Gasteiger partial charge in [-0.1, -0.05) is 0 Å². The van der Waals surface area contributed by atoms with Crippen molar-refractivity contribution in [2.75, 3.05) is 6.54 Å². The van der Waals surface area contributed by atoms with Gasteiger partial charge in [-0.3, -0.25) is 9.59 Å². The molecule has 1 atom stereocenters. The highest BCUT2D eigenvalue weighted by Crippen LogP contribution is 2.36. The SMILES string of the molecule is CC(C1CC1)N1CCC(=O)NC(C)(C)C1=O. The second kappa shape index (κ2) is 3.75. The minimum atomic E-state index is -0.753. The van der Waals surface area contributed by atoms with Crippen LogP contribution in [0.2, 0.25) is 0 Å². The number of carbonyl (C=O) groups excluding carboxylic acids is 2. The molecule has 0 radical (unpaired) electrons. The number of nitrogens with zero attached hydrogens (tertiary/aromatic N) is 1. The Morgan fingerprint density at radius 3 is 2.56 bits per heavy atom. The first-order valence-electron chi connectivity index (χ1n) is 6.04. The fraction of sp³-hybridized carbons (Fsp3) is 0.833. The third kappa shape index (κ3) is 2.06. The first-order chi connectivity index (χ1) is 7.42. The molecule has 16 heavy (non-hydrogen) atoms. The van der Waals surface area contributed by atoms with E-state index in [2.05, 4.69) is 12.2 Å². The van der Waals surface area contributed by atoms with Crippen molar-refractivity contribution in [3.63, 3.8) is 0 Å². The Balaban J connectivity index is 2.17. The molecule has 0 spiro atoms. The molecule has 1 saturated carbocycles. The Hall–Kier alpha value is -1.06. The molecule has 90 valence electrons. The fourth-order valence-electron chi connectivity index (χ4n) is 2.37. The van der Waals surface area contributed by atoms with Crippen LogP contribution in [0.15, 0.2) is 0 Å². The zero-order valence-electron chi connectivity index (χ0n) is 10.2. The summed E-state index contributed by atoms with van der Waals surface area (Å²) in [5, 5.41) is 2.78. The van der Waals surface area contributed by atoms with E-state index in [9.17, 15) is 9.59 Å². The van der Waals surface area contributed by atoms with Crippen LogP contribution in [-0.4, -0.2) is 34.8 Å². The van der Waals surface area contributed by atoms with Crippen LogP contribution in [0.4, 0.5) is 0 Å². The Morgan fingerprint density at radius 1 is 1.38 bits per heavy atom. The maximum Gasteiger partial charge on any atom is 0.248 e. The fourth-order valence-corrected chi connectivity index (χ4v) is 2.37. The van der Waals surface area contributed by atoms with Gasteiger partial charge in [0.05, 0.1) is 0 Å². The maximum atomic E-state index is 12.3. The van der Waals surface area contributed by atoms with E-state index in [-0.39, 0.29) is 17.9 Å². The quantitative estimate of drug-likeness (QED) is 0.758. The molecule has 2 rings (SSSR count). The zero-order chi connectivity index (χ0) is 11.9. The Kier molecular flexibility index (Phi) is 2.68. The predicted octanol–water partition coefficient (Wildman–Crippen LogP) is 0.912. The summed E-state index contributed by atoms with van der Waals surface area (Å²) in [5.41, 5.74) is -0.753. The number of rotatable bonds is 2. The van der Waals surface area contributed by atoms with E-state index >= 15 is 0 Å². The van der Waals surface area contributed by atoms with Gasteiger partial charge < -0.3 is 10.2 Å². The van der Waals surface area contributed by atoms with Crippen LogP contribution in [0.1, 0.15) is 40.0 Å². The monoisotopic (exact) mass is 224 g/mol. The number of hydrogen-bond donors (Lipinski definition) is 1. The van der Waals surface area contributed by atoms with Gasteiger partial charge in [0.2, 0.25) is 11.8 Å². The minimum absolute atomic E-state index is 0.0242. The molecule has 2 amide bonds. The lowest BCUT2D eigenvalue weighted by Gasteiger charge is -2.33. The van der Waals surface area contributed by atoms with Gasteiger partial charge in [-0.05, 0) is 39.5 Å². The average Bonchev–Trinajstić information content (AvgIpc) is 2.98. The van der Waals surface area contributed by atoms with Crippen LogP contribution in [-0.2, 0) is 9.59 Å². The molecule has 1 aliphatic carbocycles. The van der Waals surface area contributed by atoms with Crippen LogP contribution in [0.25, 0.3) is 0 Å². The molecule has 4 heteroatoms. The van der Waals surface area contributed by atoms with Gasteiger partial charge in [0.1, 0.15) is 5.54 Å². The summed E-state index contributed by atoms with van der Waals surface area (Å²) in [6.45, 7) is 6.23. The Morgan fingerprint density at radius 2 is 2.00 bits per heavy atom. The van der Waals surface area contributed by atoms with E-state index in [1.54, 1.807) is 13.8 Å². The van der Waals surface area contributed by atoms with Gasteiger partial charge in [0, 0.05) is 19.0 Å². The summed E-state index contributed by atoms with van der Waals surface area (Å²) in [6.07, 6.45) is 2.85. The molecule has 1 N–H and O–H groups in total. The third-order valence-corrected chi connectivity index (χ3v) is 3.62. The van der Waals surface area contributed by atoms with Crippen molar-refractivity contribution in [1.82, 2.24) is 10.2 Å². The molecule has 1 aliphatic heterocycles. The van der Waals surface area contributed by atoms with Crippen LogP contribution >= 0.6 is 0 Å². The molecule has 1 heterocycles. The number of hydrogen-bond acceptors (Lipinski definition) is 2. The van der Waals surface area contributed by atoms with E-state index in [1.807, 2.05) is 4.90 Å². The number of amides is 2. The lowest BCUT2D eigenvalue weighted by Crippen LogP contribution is -2.54. The third-order valence-electron chi connectivity index (χ3n) is 3.62. The number of carbonyl (C=O) groups is 2. The Labute approximate surface area is 96.4 Å². The topological polar surface area (TPSA) is 49.4 Å². The second-order valence-corrected chi connectivity index (χ2v) is 5.50. The molecular formula is C12H20N2O2. The summed E-state index contributed by atoms with van der Waals surface area (Å²) in [4.78, 5) is 25.7. The van der Waals surface area contributed by atoms with E-state index in [1.165, 1.54) is 12.8 Å². The molecule has 4 nitrogen and oxygen atoms in total. The van der Waals surface area contributed by atoms with Crippen LogP contribution in [0.3, 0.4) is 0 Å². The highest BCUT2D eigenvalue weighted by atomic mass is 16.2. The molecule has 2 aliphatic rings. The maximum absolute atomic E-state index is 12.3. The molecular weight excluding hydrogens is 204 g/mol. The molecule has 0 aromatic heterocycles. The highest BCUT2D eigenvalue weighted by Gasteiger charge is 2.42. The average molecular weight is 224 g/mol. The molecule has 1 unspecified atom stereocenters. The van der Waals surface area contributed by atoms with Gasteiger partial charge in [-0.25, -0.2) is 0 Å². The van der Waals surface area contributed by atoms with Crippen molar-refractivity contribution in [3.05, 3.63) is 0 Å². The molecule has 0 aromatic rings. The largest absolute Gasteiger partial charge is 0.342 e. The molecule has 2 fully saturated rings. The summed E-state index contributed by atoms with van der Waals surface area (Å²) < 4.78 is 0. The normalized spacial score (nSPS) is 27.3. The smallest absolute Gasteiger partial charge is 0.248 e. The predicted molar refractivity (Wildman–Crippen MR) is 60.7 cm³/mol. The minimum Gasteiger partial charge on any atom is -0.342 e.